The molecular formula is C16H16O3. The zero-order valence-corrected chi connectivity index (χ0v) is 10.8. The van der Waals surface area contributed by atoms with Gasteiger partial charge in [-0.25, -0.2) is 0 Å². The highest BCUT2D eigenvalue weighted by Gasteiger charge is 2.34. The third-order valence-corrected chi connectivity index (χ3v) is 3.65. The number of carbonyl (C=O) groups is 1. The Balaban J connectivity index is 1.87. The van der Waals surface area contributed by atoms with Crippen molar-refractivity contribution in [3.8, 4) is 0 Å². The highest BCUT2D eigenvalue weighted by atomic mass is 16.5. The van der Waals surface area contributed by atoms with Gasteiger partial charge in [0.1, 0.15) is 12.4 Å². The molecule has 0 radical (unpaired) electrons. The van der Waals surface area contributed by atoms with Crippen molar-refractivity contribution in [1.29, 1.82) is 0 Å². The van der Waals surface area contributed by atoms with Gasteiger partial charge in [0.25, 0.3) is 0 Å². The minimum atomic E-state index is -0.191. The van der Waals surface area contributed by atoms with Gasteiger partial charge in [0, 0.05) is 7.11 Å². The summed E-state index contributed by atoms with van der Waals surface area (Å²) in [6.45, 7) is 0.405. The average Bonchev–Trinajstić information content (AvgIpc) is 2.48. The number of methoxy groups -OCH3 is 1. The lowest BCUT2D eigenvalue weighted by molar-refractivity contribution is -0.119. The van der Waals surface area contributed by atoms with Crippen molar-refractivity contribution in [2.75, 3.05) is 13.7 Å². The second-order valence-corrected chi connectivity index (χ2v) is 4.80. The summed E-state index contributed by atoms with van der Waals surface area (Å²) in [6, 6.07) is 9.80. The first kappa shape index (κ1) is 12.2. The first-order valence-electron chi connectivity index (χ1n) is 6.46. The number of benzene rings is 1. The summed E-state index contributed by atoms with van der Waals surface area (Å²) in [5.41, 5.74) is 1.72. The van der Waals surface area contributed by atoms with E-state index in [0.29, 0.717) is 17.9 Å². The standard InChI is InChI=1S/C16H16O3/c1-18-12-7-8-13-15(9-12)19-10-14(16(13)17)11-5-3-2-4-6-11/h2-6,8-9,12,14H,7,10H2,1H3. The van der Waals surface area contributed by atoms with Gasteiger partial charge >= 0.3 is 0 Å². The first-order chi connectivity index (χ1) is 9.29. The summed E-state index contributed by atoms with van der Waals surface area (Å²) in [5.74, 6) is 0.636. The first-order valence-corrected chi connectivity index (χ1v) is 6.46. The van der Waals surface area contributed by atoms with Gasteiger partial charge in [-0.1, -0.05) is 36.4 Å². The third-order valence-electron chi connectivity index (χ3n) is 3.65. The molecule has 0 amide bonds. The molecule has 0 bridgehead atoms. The molecule has 0 spiro atoms. The van der Waals surface area contributed by atoms with Gasteiger partial charge in [0.05, 0.1) is 17.6 Å². The van der Waals surface area contributed by atoms with Crippen molar-refractivity contribution in [3.05, 3.63) is 59.4 Å². The highest BCUT2D eigenvalue weighted by molar-refractivity contribution is 6.04. The van der Waals surface area contributed by atoms with Crippen LogP contribution in [0.2, 0.25) is 0 Å². The van der Waals surface area contributed by atoms with Crippen LogP contribution in [0.3, 0.4) is 0 Å². The molecule has 2 aliphatic rings. The molecule has 0 saturated carbocycles. The van der Waals surface area contributed by atoms with E-state index in [1.54, 1.807) is 7.11 Å². The van der Waals surface area contributed by atoms with Crippen molar-refractivity contribution >= 4 is 5.78 Å². The molecule has 1 heterocycles. The van der Waals surface area contributed by atoms with Crippen molar-refractivity contribution in [1.82, 2.24) is 0 Å². The molecule has 1 aromatic rings. The minimum absolute atomic E-state index is 0.0137. The number of Topliss-reactive ketones (excluding diaryl/α,β-unsaturated/α-hetero) is 1. The van der Waals surface area contributed by atoms with Crippen LogP contribution < -0.4 is 0 Å². The predicted octanol–water partition coefficient (Wildman–Crippen LogP) is 2.60. The normalized spacial score (nSPS) is 26.1. The van der Waals surface area contributed by atoms with Crippen LogP contribution in [0.5, 0.6) is 0 Å². The second kappa shape index (κ2) is 5.02. The van der Waals surface area contributed by atoms with Gasteiger partial charge in [0.2, 0.25) is 0 Å². The quantitative estimate of drug-likeness (QED) is 0.816. The highest BCUT2D eigenvalue weighted by Crippen LogP contribution is 2.33. The van der Waals surface area contributed by atoms with E-state index in [4.69, 9.17) is 9.47 Å². The van der Waals surface area contributed by atoms with E-state index in [0.717, 1.165) is 12.0 Å². The Morgan fingerprint density at radius 2 is 2.05 bits per heavy atom. The number of hydrogen-bond acceptors (Lipinski definition) is 3. The van der Waals surface area contributed by atoms with Crippen LogP contribution in [-0.4, -0.2) is 25.6 Å². The Bertz CT molecular complexity index is 542. The van der Waals surface area contributed by atoms with Crippen LogP contribution in [0, 0.1) is 0 Å². The van der Waals surface area contributed by atoms with Crippen LogP contribution in [0.4, 0.5) is 0 Å². The molecule has 3 nitrogen and oxygen atoms in total. The van der Waals surface area contributed by atoms with E-state index in [9.17, 15) is 4.79 Å². The summed E-state index contributed by atoms with van der Waals surface area (Å²) >= 11 is 0. The van der Waals surface area contributed by atoms with E-state index in [1.807, 2.05) is 42.5 Å². The van der Waals surface area contributed by atoms with E-state index >= 15 is 0 Å². The number of ether oxygens (including phenoxy) is 2. The molecule has 3 heteroatoms. The molecule has 0 N–H and O–H groups in total. The summed E-state index contributed by atoms with van der Waals surface area (Å²) in [4.78, 5) is 12.5. The lowest BCUT2D eigenvalue weighted by Crippen LogP contribution is -2.29. The SMILES string of the molecule is COC1C=C2OCC(c3ccccc3)C(=O)C2=CC1. The second-order valence-electron chi connectivity index (χ2n) is 4.80. The average molecular weight is 256 g/mol. The molecule has 1 aliphatic carbocycles. The Kier molecular flexibility index (Phi) is 3.22. The Morgan fingerprint density at radius 1 is 1.26 bits per heavy atom. The molecule has 19 heavy (non-hydrogen) atoms. The van der Waals surface area contributed by atoms with Crippen LogP contribution in [0.1, 0.15) is 17.9 Å². The largest absolute Gasteiger partial charge is 0.492 e. The van der Waals surface area contributed by atoms with Crippen molar-refractivity contribution in [2.24, 2.45) is 0 Å². The molecule has 2 atom stereocenters. The molecule has 1 saturated heterocycles. The van der Waals surface area contributed by atoms with Crippen LogP contribution >= 0.6 is 0 Å². The molecule has 2 unspecified atom stereocenters. The van der Waals surface area contributed by atoms with Gasteiger partial charge in [0.15, 0.2) is 5.78 Å². The lowest BCUT2D eigenvalue weighted by atomic mass is 9.86. The molecule has 1 aliphatic heterocycles. The monoisotopic (exact) mass is 256 g/mol. The molecule has 0 aromatic heterocycles. The third kappa shape index (κ3) is 2.22. The van der Waals surface area contributed by atoms with E-state index in [-0.39, 0.29) is 17.8 Å². The topological polar surface area (TPSA) is 35.5 Å². The van der Waals surface area contributed by atoms with Crippen molar-refractivity contribution < 1.29 is 14.3 Å². The molecule has 1 fully saturated rings. The lowest BCUT2D eigenvalue weighted by Gasteiger charge is -2.29. The Labute approximate surface area is 112 Å². The maximum atomic E-state index is 12.5. The van der Waals surface area contributed by atoms with E-state index in [2.05, 4.69) is 0 Å². The molecular weight excluding hydrogens is 240 g/mol. The van der Waals surface area contributed by atoms with Crippen LogP contribution in [0.15, 0.2) is 53.8 Å². The van der Waals surface area contributed by atoms with E-state index < -0.39 is 0 Å². The zero-order valence-electron chi connectivity index (χ0n) is 10.8. The number of fused-ring (bicyclic) bond motifs is 1. The number of hydrogen-bond donors (Lipinski definition) is 0. The fourth-order valence-electron chi connectivity index (χ4n) is 2.54. The number of rotatable bonds is 2. The van der Waals surface area contributed by atoms with Crippen LogP contribution in [0.25, 0.3) is 0 Å². The van der Waals surface area contributed by atoms with Crippen molar-refractivity contribution in [2.45, 2.75) is 18.4 Å². The maximum Gasteiger partial charge on any atom is 0.177 e. The summed E-state index contributed by atoms with van der Waals surface area (Å²) < 4.78 is 11.0. The van der Waals surface area contributed by atoms with Gasteiger partial charge in [-0.15, -0.1) is 0 Å². The van der Waals surface area contributed by atoms with Crippen molar-refractivity contribution in [3.63, 3.8) is 0 Å². The summed E-state index contributed by atoms with van der Waals surface area (Å²) in [5, 5.41) is 0. The summed E-state index contributed by atoms with van der Waals surface area (Å²) in [6.07, 6.45) is 4.57. The molecule has 1 aromatic carbocycles. The number of carbonyl (C=O) groups excluding carboxylic acids is 1. The van der Waals surface area contributed by atoms with Gasteiger partial charge < -0.3 is 9.47 Å². The van der Waals surface area contributed by atoms with Gasteiger partial charge in [-0.3, -0.25) is 4.79 Å². The number of ketones is 1. The number of allylic oxidation sites excluding steroid dienone is 1. The smallest absolute Gasteiger partial charge is 0.177 e. The minimum Gasteiger partial charge on any atom is -0.492 e. The van der Waals surface area contributed by atoms with Crippen LogP contribution in [-0.2, 0) is 14.3 Å². The maximum absolute atomic E-state index is 12.5. The fraction of sp³-hybridized carbons (Fsp3) is 0.312. The van der Waals surface area contributed by atoms with E-state index in [1.165, 1.54) is 0 Å². The van der Waals surface area contributed by atoms with Gasteiger partial charge in [-0.2, -0.15) is 0 Å². The Hall–Kier alpha value is -1.87. The van der Waals surface area contributed by atoms with Gasteiger partial charge in [-0.05, 0) is 18.1 Å². The molecule has 98 valence electrons. The fourth-order valence-corrected chi connectivity index (χ4v) is 2.54. The molecule has 3 rings (SSSR count). The Morgan fingerprint density at radius 3 is 2.79 bits per heavy atom. The predicted molar refractivity (Wildman–Crippen MR) is 71.7 cm³/mol. The zero-order chi connectivity index (χ0) is 13.2. The summed E-state index contributed by atoms with van der Waals surface area (Å²) in [7, 11) is 1.66.